The van der Waals surface area contributed by atoms with Crippen molar-refractivity contribution in [3.05, 3.63) is 14.0 Å². The average Bonchev–Trinajstić information content (AvgIpc) is 2.80. The number of hydrogen-bond donors (Lipinski definition) is 2. The number of ether oxygens (including phenoxy) is 1. The summed E-state index contributed by atoms with van der Waals surface area (Å²) in [6.07, 6.45) is 2.65. The van der Waals surface area contributed by atoms with Crippen LogP contribution >= 0.6 is 0 Å². The largest absolute Gasteiger partial charge is 0.508 e. The fourth-order valence-corrected chi connectivity index (χ4v) is 2.09. The molecule has 7 heteroatoms. The minimum Gasteiger partial charge on any atom is -0.508 e. The molecule has 1 fully saturated rings. The first-order valence-electron chi connectivity index (χ1n) is 8.15. The van der Waals surface area contributed by atoms with E-state index >= 15 is 0 Å². The van der Waals surface area contributed by atoms with E-state index in [0.717, 1.165) is 6.42 Å². The van der Waals surface area contributed by atoms with Crippen molar-refractivity contribution in [1.82, 2.24) is 10.2 Å². The number of likely N-dealkylation sites (tertiary alicyclic amines) is 1. The summed E-state index contributed by atoms with van der Waals surface area (Å²) in [5.41, 5.74) is -0.565. The SMILES string of the molecule is [CH2-]CCCC.[CH2-]NC(=O)CC1CN(C(=O)OC(C)(C)C)CC1O.[Y]. The molecule has 2 atom stereocenters. The average molecular weight is 417 g/mol. The second-order valence-corrected chi connectivity index (χ2v) is 6.72. The molecule has 2 unspecified atom stereocenters. The minimum absolute atomic E-state index is 0. The molecular formula is C17H32N2O4Y-2. The van der Waals surface area contributed by atoms with Crippen molar-refractivity contribution in [2.75, 3.05) is 13.1 Å². The van der Waals surface area contributed by atoms with Crippen LogP contribution in [0.25, 0.3) is 0 Å². The molecule has 6 nitrogen and oxygen atoms in total. The number of amides is 2. The second-order valence-electron chi connectivity index (χ2n) is 6.72. The summed E-state index contributed by atoms with van der Waals surface area (Å²) >= 11 is 0. The van der Waals surface area contributed by atoms with Crippen molar-refractivity contribution >= 4 is 12.0 Å². The molecule has 1 rings (SSSR count). The normalized spacial score (nSPS) is 19.7. The molecule has 1 saturated heterocycles. The first-order chi connectivity index (χ1) is 10.6. The van der Waals surface area contributed by atoms with Crippen molar-refractivity contribution < 1.29 is 52.1 Å². The molecule has 2 amide bonds. The van der Waals surface area contributed by atoms with E-state index in [4.69, 9.17) is 4.74 Å². The van der Waals surface area contributed by atoms with E-state index in [1.54, 1.807) is 20.8 Å². The maximum atomic E-state index is 11.8. The molecule has 1 heterocycles. The molecule has 0 aromatic rings. The number of carbonyl (C=O) groups is 2. The Bertz CT molecular complexity index is 370. The number of aliphatic hydroxyl groups excluding tert-OH is 1. The number of unbranched alkanes of at least 4 members (excludes halogenated alkanes) is 2. The van der Waals surface area contributed by atoms with Crippen LogP contribution in [0, 0.1) is 19.9 Å². The zero-order valence-electron chi connectivity index (χ0n) is 15.5. The monoisotopic (exact) mass is 417 g/mol. The predicted octanol–water partition coefficient (Wildman–Crippen LogP) is 2.52. The predicted molar refractivity (Wildman–Crippen MR) is 90.3 cm³/mol. The minimum atomic E-state index is -0.699. The van der Waals surface area contributed by atoms with E-state index in [1.165, 1.54) is 17.7 Å². The maximum Gasteiger partial charge on any atom is 0.410 e. The Morgan fingerprint density at radius 1 is 1.33 bits per heavy atom. The summed E-state index contributed by atoms with van der Waals surface area (Å²) in [4.78, 5) is 24.4. The van der Waals surface area contributed by atoms with Crippen LogP contribution in [0.3, 0.4) is 0 Å². The molecule has 0 aromatic heterocycles. The van der Waals surface area contributed by atoms with Crippen molar-refractivity contribution in [2.45, 2.75) is 65.1 Å². The number of carbonyl (C=O) groups excluding carboxylic acids is 2. The molecule has 24 heavy (non-hydrogen) atoms. The van der Waals surface area contributed by atoms with Gasteiger partial charge in [0.15, 0.2) is 5.91 Å². The summed E-state index contributed by atoms with van der Waals surface area (Å²) in [5.74, 6) is -0.510. The smallest absolute Gasteiger partial charge is 0.410 e. The molecule has 0 bridgehead atoms. The van der Waals surface area contributed by atoms with Crippen LogP contribution in [-0.2, 0) is 42.2 Å². The third kappa shape index (κ3) is 11.4. The molecule has 1 aliphatic rings. The molecule has 2 N–H and O–H groups in total. The Morgan fingerprint density at radius 3 is 2.29 bits per heavy atom. The Kier molecular flexibility index (Phi) is 14.2. The van der Waals surface area contributed by atoms with Crippen LogP contribution in [0.15, 0.2) is 0 Å². The van der Waals surface area contributed by atoms with Gasteiger partial charge < -0.3 is 27.0 Å². The van der Waals surface area contributed by atoms with Gasteiger partial charge >= 0.3 is 6.09 Å². The molecule has 0 aliphatic carbocycles. The fraction of sp³-hybridized carbons (Fsp3) is 0.765. The third-order valence-electron chi connectivity index (χ3n) is 3.31. The molecule has 0 saturated carbocycles. The summed E-state index contributed by atoms with van der Waals surface area (Å²) in [6, 6.07) is 0. The van der Waals surface area contributed by atoms with Gasteiger partial charge in [0.1, 0.15) is 5.60 Å². The summed E-state index contributed by atoms with van der Waals surface area (Å²) in [7, 11) is 3.27. The first-order valence-corrected chi connectivity index (χ1v) is 8.15. The van der Waals surface area contributed by atoms with Crippen LogP contribution in [0.2, 0.25) is 0 Å². The van der Waals surface area contributed by atoms with E-state index in [9.17, 15) is 14.7 Å². The number of nitrogens with one attached hydrogen (secondary N) is 1. The molecule has 1 aliphatic heterocycles. The Balaban J connectivity index is 0. The number of hydrogen-bond acceptors (Lipinski definition) is 4. The van der Waals surface area contributed by atoms with Crippen molar-refractivity contribution in [2.24, 2.45) is 5.92 Å². The van der Waals surface area contributed by atoms with Crippen LogP contribution < -0.4 is 5.32 Å². The summed E-state index contributed by atoms with van der Waals surface area (Å²) in [5, 5.41) is 12.1. The van der Waals surface area contributed by atoms with Crippen molar-refractivity contribution in [1.29, 1.82) is 0 Å². The van der Waals surface area contributed by atoms with Crippen molar-refractivity contribution in [3.63, 3.8) is 0 Å². The fourth-order valence-electron chi connectivity index (χ4n) is 2.09. The van der Waals surface area contributed by atoms with E-state index in [1.807, 2.05) is 0 Å². The Labute approximate surface area is 172 Å². The second kappa shape index (κ2) is 13.1. The molecule has 139 valence electrons. The quantitative estimate of drug-likeness (QED) is 0.689. The topological polar surface area (TPSA) is 78.9 Å². The van der Waals surface area contributed by atoms with Gasteiger partial charge in [0.05, 0.1) is 12.6 Å². The van der Waals surface area contributed by atoms with E-state index in [-0.39, 0.29) is 57.5 Å². The van der Waals surface area contributed by atoms with Crippen LogP contribution in [0.1, 0.15) is 53.4 Å². The molecule has 1 radical (unpaired) electrons. The zero-order valence-corrected chi connectivity index (χ0v) is 18.3. The van der Waals surface area contributed by atoms with Crippen molar-refractivity contribution in [3.8, 4) is 0 Å². The van der Waals surface area contributed by atoms with E-state index < -0.39 is 17.8 Å². The van der Waals surface area contributed by atoms with Gasteiger partial charge in [0.2, 0.25) is 0 Å². The van der Waals surface area contributed by atoms with Gasteiger partial charge in [-0.05, 0) is 20.8 Å². The Hall–Kier alpha value is -0.196. The first kappa shape index (κ1) is 26.0. The maximum absolute atomic E-state index is 11.8. The van der Waals surface area contributed by atoms with Crippen LogP contribution in [0.4, 0.5) is 4.79 Å². The number of β-amino-alcohol motifs (C(OH)–C–C–N with tert-alkyl or cyclic N) is 1. The zero-order chi connectivity index (χ0) is 18.0. The van der Waals surface area contributed by atoms with E-state index in [0.29, 0.717) is 6.54 Å². The summed E-state index contributed by atoms with van der Waals surface area (Å²) in [6.45, 7) is 11.7. The van der Waals surface area contributed by atoms with Crippen LogP contribution in [-0.4, -0.2) is 46.8 Å². The van der Waals surface area contributed by atoms with Gasteiger partial charge in [-0.1, -0.05) is 19.8 Å². The van der Waals surface area contributed by atoms with Gasteiger partial charge in [0, 0.05) is 51.6 Å². The number of rotatable bonds is 4. The number of aliphatic hydroxyl groups is 1. The molecule has 0 spiro atoms. The molecular weight excluding hydrogens is 385 g/mol. The van der Waals surface area contributed by atoms with E-state index in [2.05, 4.69) is 26.2 Å². The number of nitrogens with zero attached hydrogens (tertiary/aromatic N) is 1. The molecule has 0 aromatic carbocycles. The van der Waals surface area contributed by atoms with Crippen LogP contribution in [0.5, 0.6) is 0 Å². The Morgan fingerprint density at radius 2 is 1.92 bits per heavy atom. The summed E-state index contributed by atoms with van der Waals surface area (Å²) < 4.78 is 5.21. The third-order valence-corrected chi connectivity index (χ3v) is 3.31. The van der Waals surface area contributed by atoms with Gasteiger partial charge in [-0.25, -0.2) is 4.79 Å². The standard InChI is InChI=1S/C12H21N2O4.C5H11.Y/c1-12(2,3)18-11(17)14-6-8(9(15)7-14)5-10(16)13-4;1-3-5-4-2;/h8-9,15H,4-7H2,1-3H3,(H,13,16);1,3-5H2,2H3;/q2*-1;. The van der Waals surface area contributed by atoms with Gasteiger partial charge in [0.25, 0.3) is 0 Å². The van der Waals surface area contributed by atoms with Gasteiger partial charge in [-0.2, -0.15) is 6.42 Å². The van der Waals surface area contributed by atoms with Gasteiger partial charge in [-0.3, -0.25) is 11.8 Å². The van der Waals surface area contributed by atoms with Gasteiger partial charge in [-0.15, -0.1) is 0 Å².